The summed E-state index contributed by atoms with van der Waals surface area (Å²) in [6.07, 6.45) is 8.66. The van der Waals surface area contributed by atoms with Gasteiger partial charge in [0.25, 0.3) is 0 Å². The Morgan fingerprint density at radius 1 is 1.28 bits per heavy atom. The van der Waals surface area contributed by atoms with Gasteiger partial charge in [0.15, 0.2) is 5.65 Å². The Morgan fingerprint density at radius 3 is 3.00 bits per heavy atom. The van der Waals surface area contributed by atoms with Gasteiger partial charge in [-0.2, -0.15) is 5.10 Å². The lowest BCUT2D eigenvalue weighted by molar-refractivity contribution is -0.138. The normalized spacial score (nSPS) is 14.9. The van der Waals surface area contributed by atoms with Crippen LogP contribution in [0.4, 0.5) is 11.6 Å². The molecular weight excluding hydrogens is 460 g/mol. The number of anilines is 2. The highest BCUT2D eigenvalue weighted by molar-refractivity contribution is 5.88. The molecule has 11 heteroatoms. The fourth-order valence-corrected chi connectivity index (χ4v) is 4.50. The molecule has 194 valence electrons. The van der Waals surface area contributed by atoms with Crippen LogP contribution in [0.2, 0.25) is 0 Å². The van der Waals surface area contributed by atoms with Gasteiger partial charge in [-0.15, -0.1) is 0 Å². The molecule has 1 aliphatic rings. The van der Waals surface area contributed by atoms with E-state index >= 15 is 0 Å². The number of hydrogen-bond acceptors (Lipinski definition) is 9. The highest BCUT2D eigenvalue weighted by Crippen LogP contribution is 2.21. The lowest BCUT2D eigenvalue weighted by atomic mass is 10.1. The molecule has 4 N–H and O–H groups in total. The Labute approximate surface area is 211 Å². The van der Waals surface area contributed by atoms with E-state index in [1.807, 2.05) is 6.92 Å². The first-order valence-electron chi connectivity index (χ1n) is 12.6. The number of carboxylic acid groups (broad SMARTS) is 1. The number of methoxy groups -OCH3 is 1. The summed E-state index contributed by atoms with van der Waals surface area (Å²) in [4.78, 5) is 27.4. The number of unbranched alkanes of at least 4 members (excludes halogenated alkanes) is 1. The SMILES string of the molecule is CO[C@H](C)CN(CCCCc1ccc2c(n1)NCCC2)CCC(Nc1ncnc2[nH]ncc12)C(=O)O. The number of carboxylic acids is 1. The summed E-state index contributed by atoms with van der Waals surface area (Å²) < 4.78 is 5.48. The molecule has 0 saturated carbocycles. The van der Waals surface area contributed by atoms with E-state index in [1.165, 1.54) is 11.9 Å². The van der Waals surface area contributed by atoms with Crippen LogP contribution in [0, 0.1) is 0 Å². The van der Waals surface area contributed by atoms with Crippen LogP contribution in [0.3, 0.4) is 0 Å². The van der Waals surface area contributed by atoms with E-state index in [4.69, 9.17) is 9.72 Å². The van der Waals surface area contributed by atoms with Gasteiger partial charge < -0.3 is 25.4 Å². The van der Waals surface area contributed by atoms with Gasteiger partial charge in [0, 0.05) is 32.4 Å². The molecular formula is C25H36N8O3. The van der Waals surface area contributed by atoms with Crippen molar-refractivity contribution in [3.63, 3.8) is 0 Å². The molecule has 36 heavy (non-hydrogen) atoms. The number of H-pyrrole nitrogens is 1. The van der Waals surface area contributed by atoms with E-state index in [1.54, 1.807) is 13.3 Å². The monoisotopic (exact) mass is 496 g/mol. The van der Waals surface area contributed by atoms with Gasteiger partial charge in [0.05, 0.1) is 17.7 Å². The van der Waals surface area contributed by atoms with Crippen LogP contribution in [0.1, 0.15) is 43.9 Å². The number of aromatic amines is 1. The number of hydrogen-bond donors (Lipinski definition) is 4. The third-order valence-electron chi connectivity index (χ3n) is 6.62. The van der Waals surface area contributed by atoms with Crippen molar-refractivity contribution >= 4 is 28.6 Å². The second kappa shape index (κ2) is 12.6. The number of carbonyl (C=O) groups is 1. The summed E-state index contributed by atoms with van der Waals surface area (Å²) in [7, 11) is 1.70. The molecule has 0 aliphatic carbocycles. The van der Waals surface area contributed by atoms with E-state index in [0.29, 0.717) is 29.8 Å². The van der Waals surface area contributed by atoms with E-state index in [0.717, 1.165) is 63.3 Å². The maximum atomic E-state index is 12.0. The van der Waals surface area contributed by atoms with Gasteiger partial charge in [0.1, 0.15) is 24.0 Å². The molecule has 3 aromatic rings. The minimum atomic E-state index is -0.919. The third-order valence-corrected chi connectivity index (χ3v) is 6.62. The predicted molar refractivity (Wildman–Crippen MR) is 138 cm³/mol. The first-order chi connectivity index (χ1) is 17.5. The molecule has 0 aromatic carbocycles. The summed E-state index contributed by atoms with van der Waals surface area (Å²) in [6, 6.07) is 3.55. The van der Waals surface area contributed by atoms with Gasteiger partial charge in [-0.05, 0) is 63.6 Å². The highest BCUT2D eigenvalue weighted by Gasteiger charge is 2.21. The molecule has 11 nitrogen and oxygen atoms in total. The van der Waals surface area contributed by atoms with Crippen molar-refractivity contribution in [3.8, 4) is 0 Å². The molecule has 4 rings (SSSR count). The van der Waals surface area contributed by atoms with Crippen molar-refractivity contribution in [2.24, 2.45) is 0 Å². The van der Waals surface area contributed by atoms with Crippen molar-refractivity contribution in [3.05, 3.63) is 35.9 Å². The fourth-order valence-electron chi connectivity index (χ4n) is 4.50. The predicted octanol–water partition coefficient (Wildman–Crippen LogP) is 2.72. The number of rotatable bonds is 14. The third kappa shape index (κ3) is 6.88. The van der Waals surface area contributed by atoms with Crippen LogP contribution < -0.4 is 10.6 Å². The van der Waals surface area contributed by atoms with Crippen LogP contribution in [0.15, 0.2) is 24.7 Å². The number of aliphatic carboxylic acids is 1. The lowest BCUT2D eigenvalue weighted by Crippen LogP contribution is -2.38. The van der Waals surface area contributed by atoms with Crippen LogP contribution >= 0.6 is 0 Å². The zero-order valence-electron chi connectivity index (χ0n) is 21.0. The van der Waals surface area contributed by atoms with Gasteiger partial charge in [0.2, 0.25) is 0 Å². The number of aryl methyl sites for hydroxylation is 2. The second-order valence-corrected chi connectivity index (χ2v) is 9.32. The molecule has 0 radical (unpaired) electrons. The Kier molecular flexibility index (Phi) is 9.01. The average Bonchev–Trinajstić information content (AvgIpc) is 3.38. The first-order valence-corrected chi connectivity index (χ1v) is 12.6. The number of aromatic nitrogens is 5. The smallest absolute Gasteiger partial charge is 0.326 e. The highest BCUT2D eigenvalue weighted by atomic mass is 16.5. The minimum absolute atomic E-state index is 0.0574. The molecule has 3 aromatic heterocycles. The van der Waals surface area contributed by atoms with E-state index in [2.05, 4.69) is 47.8 Å². The summed E-state index contributed by atoms with van der Waals surface area (Å²) >= 11 is 0. The first kappa shape index (κ1) is 25.8. The molecule has 0 spiro atoms. The van der Waals surface area contributed by atoms with Crippen LogP contribution in [0.5, 0.6) is 0 Å². The van der Waals surface area contributed by atoms with Crippen molar-refractivity contribution < 1.29 is 14.6 Å². The van der Waals surface area contributed by atoms with Crippen molar-refractivity contribution in [2.45, 2.75) is 57.6 Å². The van der Waals surface area contributed by atoms with Gasteiger partial charge in [-0.1, -0.05) is 6.07 Å². The Balaban J connectivity index is 1.30. The summed E-state index contributed by atoms with van der Waals surface area (Å²) in [5.41, 5.74) is 2.99. The fraction of sp³-hybridized carbons (Fsp3) is 0.560. The van der Waals surface area contributed by atoms with Crippen molar-refractivity contribution in [1.29, 1.82) is 0 Å². The summed E-state index contributed by atoms with van der Waals surface area (Å²) in [5, 5.41) is 23.7. The van der Waals surface area contributed by atoms with E-state index < -0.39 is 12.0 Å². The summed E-state index contributed by atoms with van der Waals surface area (Å²) in [5.74, 6) is 0.583. The average molecular weight is 497 g/mol. The number of ether oxygens (including phenoxy) is 1. The molecule has 0 saturated heterocycles. The van der Waals surface area contributed by atoms with Gasteiger partial charge in [-0.3, -0.25) is 5.10 Å². The Bertz CT molecular complexity index is 1140. The maximum Gasteiger partial charge on any atom is 0.326 e. The van der Waals surface area contributed by atoms with Gasteiger partial charge in [-0.25, -0.2) is 19.7 Å². The summed E-state index contributed by atoms with van der Waals surface area (Å²) in [6.45, 7) is 5.25. The molecule has 0 fully saturated rings. The molecule has 0 bridgehead atoms. The Hall–Kier alpha value is -3.31. The zero-order valence-corrected chi connectivity index (χ0v) is 21.0. The lowest BCUT2D eigenvalue weighted by Gasteiger charge is -2.27. The van der Waals surface area contributed by atoms with Crippen molar-refractivity contribution in [2.75, 3.05) is 43.9 Å². The minimum Gasteiger partial charge on any atom is -0.480 e. The topological polar surface area (TPSA) is 141 Å². The zero-order chi connectivity index (χ0) is 25.3. The molecule has 1 aliphatic heterocycles. The maximum absolute atomic E-state index is 12.0. The van der Waals surface area contributed by atoms with Crippen LogP contribution in [-0.2, 0) is 22.4 Å². The van der Waals surface area contributed by atoms with Crippen molar-refractivity contribution in [1.82, 2.24) is 30.0 Å². The largest absolute Gasteiger partial charge is 0.480 e. The second-order valence-electron chi connectivity index (χ2n) is 9.32. The van der Waals surface area contributed by atoms with E-state index in [9.17, 15) is 9.90 Å². The molecule has 0 amide bonds. The molecule has 1 unspecified atom stereocenters. The Morgan fingerprint density at radius 2 is 2.17 bits per heavy atom. The number of nitrogens with one attached hydrogen (secondary N) is 3. The number of nitrogens with zero attached hydrogens (tertiary/aromatic N) is 5. The van der Waals surface area contributed by atoms with Crippen LogP contribution in [-0.4, -0.2) is 86.6 Å². The molecule has 4 heterocycles. The van der Waals surface area contributed by atoms with Crippen LogP contribution in [0.25, 0.3) is 11.0 Å². The number of fused-ring (bicyclic) bond motifs is 2. The quantitative estimate of drug-likeness (QED) is 0.246. The molecule has 2 atom stereocenters. The number of pyridine rings is 1. The standard InChI is InChI=1S/C25H36N8O3/c1-17(36-2)15-33(12-4-3-7-19-9-8-18-6-5-11-26-22(18)30-19)13-10-21(25(34)35)31-23-20-14-29-32-24(20)28-16-27-23/h8-9,14,16-17,21H,3-7,10-13,15H2,1-2H3,(H,26,30)(H,34,35)(H2,27,28,29,31,32)/t17-,21?/m1/s1. The van der Waals surface area contributed by atoms with E-state index in [-0.39, 0.29) is 6.10 Å². The van der Waals surface area contributed by atoms with Gasteiger partial charge >= 0.3 is 5.97 Å².